The van der Waals surface area contributed by atoms with Crippen molar-refractivity contribution in [2.45, 2.75) is 0 Å². The molecule has 112 valence electrons. The number of aromatic nitrogens is 1. The molecule has 0 bridgehead atoms. The minimum absolute atomic E-state index is 0.0532. The second-order valence-corrected chi connectivity index (χ2v) is 6.30. The van der Waals surface area contributed by atoms with Gasteiger partial charge in [-0.25, -0.2) is 0 Å². The van der Waals surface area contributed by atoms with Gasteiger partial charge in [-0.3, -0.25) is 4.79 Å². The fourth-order valence-corrected chi connectivity index (χ4v) is 2.99. The van der Waals surface area contributed by atoms with E-state index >= 15 is 0 Å². The minimum atomic E-state index is -0.0532. The third-order valence-electron chi connectivity index (χ3n) is 3.86. The minimum Gasteiger partial charge on any atom is -0.323 e. The first-order chi connectivity index (χ1) is 11.2. The van der Waals surface area contributed by atoms with Crippen molar-refractivity contribution in [3.05, 3.63) is 82.6 Å². The summed E-state index contributed by atoms with van der Waals surface area (Å²) in [5, 5.41) is 2.89. The van der Waals surface area contributed by atoms with Crippen LogP contribution in [0.3, 0.4) is 0 Å². The second-order valence-electron chi connectivity index (χ2n) is 5.39. The van der Waals surface area contributed by atoms with Crippen LogP contribution in [-0.2, 0) is 4.79 Å². The smallest absolute Gasteiger partial charge is 0.256 e. The number of hydrogen-bond acceptors (Lipinski definition) is 1. The number of nitrogens with one attached hydrogen (secondary N) is 1. The van der Waals surface area contributed by atoms with Crippen LogP contribution in [0, 0.1) is 0 Å². The third-order valence-corrected chi connectivity index (χ3v) is 4.39. The average Bonchev–Trinajstić information content (AvgIpc) is 3.14. The lowest BCUT2D eigenvalue weighted by Gasteiger charge is -2.02. The standard InChI is InChI=1S/C19H13BrN2O/c20-14-5-7-15(8-6-14)22-10-9-13(12-22)11-17-16-3-1-2-4-18(16)21-19(17)23/h1-12H,(H,21,23). The van der Waals surface area contributed by atoms with E-state index in [0.29, 0.717) is 5.57 Å². The van der Waals surface area contributed by atoms with E-state index in [1.807, 2.05) is 77.6 Å². The quantitative estimate of drug-likeness (QED) is 0.655. The molecule has 0 saturated heterocycles. The van der Waals surface area contributed by atoms with Crippen molar-refractivity contribution in [1.29, 1.82) is 0 Å². The Balaban J connectivity index is 1.70. The van der Waals surface area contributed by atoms with Gasteiger partial charge in [-0.05, 0) is 48.0 Å². The molecule has 0 saturated carbocycles. The summed E-state index contributed by atoms with van der Waals surface area (Å²) >= 11 is 3.44. The van der Waals surface area contributed by atoms with E-state index in [-0.39, 0.29) is 5.91 Å². The van der Waals surface area contributed by atoms with Crippen LogP contribution in [0.1, 0.15) is 11.1 Å². The summed E-state index contributed by atoms with van der Waals surface area (Å²) < 4.78 is 3.09. The molecule has 3 aromatic rings. The third kappa shape index (κ3) is 2.62. The molecule has 4 rings (SSSR count). The lowest BCUT2D eigenvalue weighted by atomic mass is 10.1. The van der Waals surface area contributed by atoms with Crippen molar-refractivity contribution in [3.63, 3.8) is 0 Å². The molecule has 1 N–H and O–H groups in total. The van der Waals surface area contributed by atoms with E-state index in [1.165, 1.54) is 0 Å². The van der Waals surface area contributed by atoms with Gasteiger partial charge >= 0.3 is 0 Å². The maximum absolute atomic E-state index is 12.2. The van der Waals surface area contributed by atoms with Crippen molar-refractivity contribution in [1.82, 2.24) is 4.57 Å². The Labute approximate surface area is 142 Å². The van der Waals surface area contributed by atoms with Crippen molar-refractivity contribution in [3.8, 4) is 5.69 Å². The SMILES string of the molecule is O=C1Nc2ccccc2C1=Cc1ccn(-c2ccc(Br)cc2)c1. The highest BCUT2D eigenvalue weighted by Gasteiger charge is 2.23. The van der Waals surface area contributed by atoms with Gasteiger partial charge in [0.1, 0.15) is 0 Å². The van der Waals surface area contributed by atoms with Crippen LogP contribution >= 0.6 is 15.9 Å². The highest BCUT2D eigenvalue weighted by molar-refractivity contribution is 9.10. The number of hydrogen-bond donors (Lipinski definition) is 1. The van der Waals surface area contributed by atoms with Gasteiger partial charge < -0.3 is 9.88 Å². The number of halogens is 1. The summed E-state index contributed by atoms with van der Waals surface area (Å²) in [4.78, 5) is 12.2. The lowest BCUT2D eigenvalue weighted by Crippen LogP contribution is -2.03. The van der Waals surface area contributed by atoms with Crippen molar-refractivity contribution >= 4 is 39.2 Å². The topological polar surface area (TPSA) is 34.0 Å². The van der Waals surface area contributed by atoms with Crippen LogP contribution in [0.4, 0.5) is 5.69 Å². The molecule has 2 aromatic carbocycles. The number of carbonyl (C=O) groups excluding carboxylic acids is 1. The molecule has 1 aliphatic rings. The molecular formula is C19H13BrN2O. The van der Waals surface area contributed by atoms with E-state index in [0.717, 1.165) is 27.0 Å². The molecule has 1 aromatic heterocycles. The van der Waals surface area contributed by atoms with Crippen molar-refractivity contribution < 1.29 is 4.79 Å². The first-order valence-corrected chi connectivity index (χ1v) is 8.06. The maximum Gasteiger partial charge on any atom is 0.256 e. The molecule has 0 spiro atoms. The van der Waals surface area contributed by atoms with Gasteiger partial charge in [0, 0.05) is 39.4 Å². The van der Waals surface area contributed by atoms with Gasteiger partial charge in [0.05, 0.1) is 0 Å². The highest BCUT2D eigenvalue weighted by Crippen LogP contribution is 2.32. The predicted molar refractivity (Wildman–Crippen MR) is 96.4 cm³/mol. The Morgan fingerprint density at radius 1 is 1.00 bits per heavy atom. The normalized spacial score (nSPS) is 14.8. The van der Waals surface area contributed by atoms with Gasteiger partial charge in [-0.1, -0.05) is 34.1 Å². The summed E-state index contributed by atoms with van der Waals surface area (Å²) in [6.07, 6.45) is 5.94. The van der Waals surface area contributed by atoms with E-state index in [9.17, 15) is 4.79 Å². The number of benzene rings is 2. The molecule has 4 heteroatoms. The molecule has 3 nitrogen and oxygen atoms in total. The van der Waals surface area contributed by atoms with E-state index in [2.05, 4.69) is 21.2 Å². The molecule has 0 atom stereocenters. The van der Waals surface area contributed by atoms with Crippen molar-refractivity contribution in [2.75, 3.05) is 5.32 Å². The summed E-state index contributed by atoms with van der Waals surface area (Å²) in [5.74, 6) is -0.0532. The summed E-state index contributed by atoms with van der Waals surface area (Å²) in [6.45, 7) is 0. The van der Waals surface area contributed by atoms with Crippen LogP contribution in [0.15, 0.2) is 71.5 Å². The summed E-state index contributed by atoms with van der Waals surface area (Å²) in [5.41, 5.74) is 4.60. The Hall–Kier alpha value is -2.59. The Bertz CT molecular complexity index is 923. The van der Waals surface area contributed by atoms with Crippen LogP contribution in [0.5, 0.6) is 0 Å². The zero-order chi connectivity index (χ0) is 15.8. The van der Waals surface area contributed by atoms with Gasteiger partial charge in [-0.2, -0.15) is 0 Å². The zero-order valence-corrected chi connectivity index (χ0v) is 13.7. The average molecular weight is 365 g/mol. The van der Waals surface area contributed by atoms with Gasteiger partial charge in [-0.15, -0.1) is 0 Å². The summed E-state index contributed by atoms with van der Waals surface area (Å²) in [7, 11) is 0. The Kier molecular flexibility index (Phi) is 3.39. The fourth-order valence-electron chi connectivity index (χ4n) is 2.72. The number of anilines is 1. The number of rotatable bonds is 2. The van der Waals surface area contributed by atoms with E-state index < -0.39 is 0 Å². The lowest BCUT2D eigenvalue weighted by molar-refractivity contribution is -0.110. The van der Waals surface area contributed by atoms with E-state index in [1.54, 1.807) is 0 Å². The molecular weight excluding hydrogens is 352 g/mol. The van der Waals surface area contributed by atoms with Crippen LogP contribution in [-0.4, -0.2) is 10.5 Å². The molecule has 23 heavy (non-hydrogen) atoms. The molecule has 0 aliphatic carbocycles. The first kappa shape index (κ1) is 14.0. The molecule has 0 radical (unpaired) electrons. The van der Waals surface area contributed by atoms with Crippen molar-refractivity contribution in [2.24, 2.45) is 0 Å². The van der Waals surface area contributed by atoms with Gasteiger partial charge in [0.2, 0.25) is 0 Å². The number of carbonyl (C=O) groups is 1. The Morgan fingerprint density at radius 2 is 1.78 bits per heavy atom. The zero-order valence-electron chi connectivity index (χ0n) is 12.2. The van der Waals surface area contributed by atoms with Crippen LogP contribution in [0.2, 0.25) is 0 Å². The molecule has 2 heterocycles. The first-order valence-electron chi connectivity index (χ1n) is 7.27. The Morgan fingerprint density at radius 3 is 2.61 bits per heavy atom. The molecule has 1 aliphatic heterocycles. The summed E-state index contributed by atoms with van der Waals surface area (Å²) in [6, 6.07) is 17.8. The highest BCUT2D eigenvalue weighted by atomic mass is 79.9. The molecule has 0 unspecified atom stereocenters. The second kappa shape index (κ2) is 5.56. The maximum atomic E-state index is 12.2. The van der Waals surface area contributed by atoms with E-state index in [4.69, 9.17) is 0 Å². The van der Waals surface area contributed by atoms with Gasteiger partial charge in [0.15, 0.2) is 0 Å². The molecule has 0 fully saturated rings. The van der Waals surface area contributed by atoms with Crippen LogP contribution in [0.25, 0.3) is 17.3 Å². The number of fused-ring (bicyclic) bond motifs is 1. The largest absolute Gasteiger partial charge is 0.323 e. The fraction of sp³-hybridized carbons (Fsp3) is 0. The number of nitrogens with zero attached hydrogens (tertiary/aromatic N) is 1. The predicted octanol–water partition coefficient (Wildman–Crippen LogP) is 4.73. The van der Waals surface area contributed by atoms with Crippen LogP contribution < -0.4 is 5.32 Å². The molecule has 1 amide bonds. The monoisotopic (exact) mass is 364 g/mol. The number of amides is 1. The van der Waals surface area contributed by atoms with Gasteiger partial charge in [0.25, 0.3) is 5.91 Å². The number of para-hydroxylation sites is 1.